The molecule has 2 aromatic rings. The number of benzene rings is 2. The first-order valence-electron chi connectivity index (χ1n) is 8.96. The lowest BCUT2D eigenvalue weighted by molar-refractivity contribution is 0.0411. The van der Waals surface area contributed by atoms with Gasteiger partial charge in [-0.25, -0.2) is 4.39 Å². The second-order valence-electron chi connectivity index (χ2n) is 7.20. The third kappa shape index (κ3) is 2.91. The Hall–Kier alpha value is -1.93. The Labute approximate surface area is 143 Å². The molecule has 0 N–H and O–H groups in total. The van der Waals surface area contributed by atoms with Crippen molar-refractivity contribution in [3.63, 3.8) is 0 Å². The molecular formula is C22H24FN. The first-order chi connectivity index (χ1) is 11.7. The summed E-state index contributed by atoms with van der Waals surface area (Å²) < 4.78 is 13.7. The minimum Gasteiger partial charge on any atom is -0.299 e. The van der Waals surface area contributed by atoms with Gasteiger partial charge in [0.05, 0.1) is 0 Å². The fourth-order valence-electron chi connectivity index (χ4n) is 4.56. The lowest BCUT2D eigenvalue weighted by atomic mass is 9.74. The van der Waals surface area contributed by atoms with Crippen molar-refractivity contribution in [3.05, 3.63) is 77.9 Å². The van der Waals surface area contributed by atoms with Crippen molar-refractivity contribution in [1.29, 1.82) is 0 Å². The van der Waals surface area contributed by atoms with E-state index in [-0.39, 0.29) is 5.83 Å². The van der Waals surface area contributed by atoms with E-state index in [0.29, 0.717) is 17.5 Å². The van der Waals surface area contributed by atoms with E-state index in [1.807, 2.05) is 12.1 Å². The number of nitrogens with zero attached hydrogens (tertiary/aromatic N) is 1. The van der Waals surface area contributed by atoms with Crippen LogP contribution in [-0.4, -0.2) is 24.0 Å². The van der Waals surface area contributed by atoms with Crippen LogP contribution in [0, 0.1) is 5.92 Å². The fourth-order valence-corrected chi connectivity index (χ4v) is 4.56. The summed E-state index contributed by atoms with van der Waals surface area (Å²) in [7, 11) is 0. The van der Waals surface area contributed by atoms with E-state index < -0.39 is 0 Å². The molecule has 1 nitrogen and oxygen atoms in total. The average Bonchev–Trinajstić information content (AvgIpc) is 2.64. The SMILES string of the molecule is C=C(F)c1cccc(C(c2ccccc2)C2CC3CCN2CC3)c1. The molecule has 24 heavy (non-hydrogen) atoms. The van der Waals surface area contributed by atoms with Crippen LogP contribution in [0.2, 0.25) is 0 Å². The Morgan fingerprint density at radius 3 is 2.33 bits per heavy atom. The Morgan fingerprint density at radius 2 is 1.71 bits per heavy atom. The molecule has 2 unspecified atom stereocenters. The minimum absolute atomic E-state index is 0.300. The zero-order chi connectivity index (χ0) is 16.5. The fraction of sp³-hybridized carbons (Fsp3) is 0.364. The summed E-state index contributed by atoms with van der Waals surface area (Å²) in [5.74, 6) is 0.799. The smallest absolute Gasteiger partial charge is 0.123 e. The zero-order valence-corrected chi connectivity index (χ0v) is 14.0. The molecule has 0 saturated carbocycles. The highest BCUT2D eigenvalue weighted by molar-refractivity contribution is 5.58. The van der Waals surface area contributed by atoms with E-state index >= 15 is 0 Å². The molecule has 2 atom stereocenters. The van der Waals surface area contributed by atoms with Crippen molar-refractivity contribution in [2.45, 2.75) is 31.2 Å². The molecule has 0 aliphatic carbocycles. The van der Waals surface area contributed by atoms with Crippen LogP contribution in [0.3, 0.4) is 0 Å². The van der Waals surface area contributed by atoms with Crippen LogP contribution in [-0.2, 0) is 0 Å². The average molecular weight is 321 g/mol. The third-order valence-electron chi connectivity index (χ3n) is 5.80. The molecule has 0 spiro atoms. The van der Waals surface area contributed by atoms with Crippen molar-refractivity contribution in [3.8, 4) is 0 Å². The molecule has 124 valence electrons. The summed E-state index contributed by atoms with van der Waals surface area (Å²) in [5.41, 5.74) is 3.14. The van der Waals surface area contributed by atoms with Crippen molar-refractivity contribution in [2.24, 2.45) is 5.92 Å². The number of hydrogen-bond acceptors (Lipinski definition) is 1. The molecule has 2 heteroatoms. The van der Waals surface area contributed by atoms with E-state index in [4.69, 9.17) is 0 Å². The van der Waals surface area contributed by atoms with Gasteiger partial charge in [0.15, 0.2) is 0 Å². The van der Waals surface area contributed by atoms with Crippen LogP contribution in [0.4, 0.5) is 4.39 Å². The van der Waals surface area contributed by atoms with E-state index in [9.17, 15) is 4.39 Å². The minimum atomic E-state index is -0.353. The number of halogens is 1. The van der Waals surface area contributed by atoms with E-state index in [1.54, 1.807) is 6.07 Å². The predicted octanol–water partition coefficient (Wildman–Crippen LogP) is 5.24. The van der Waals surface area contributed by atoms with Crippen LogP contribution in [0.1, 0.15) is 41.9 Å². The molecule has 3 aliphatic rings. The summed E-state index contributed by atoms with van der Waals surface area (Å²) in [6.07, 6.45) is 3.92. The molecule has 0 radical (unpaired) electrons. The van der Waals surface area contributed by atoms with Gasteiger partial charge < -0.3 is 0 Å². The molecule has 2 aromatic carbocycles. The zero-order valence-electron chi connectivity index (χ0n) is 14.0. The van der Waals surface area contributed by atoms with Crippen LogP contribution in [0.25, 0.3) is 5.83 Å². The standard InChI is InChI=1S/C22H24FN/c1-16(23)19-8-5-9-20(15-19)22(18-6-3-2-4-7-18)21-14-17-10-12-24(21)13-11-17/h2-9,15,17,21-22H,1,10-14H2. The predicted molar refractivity (Wildman–Crippen MR) is 97.6 cm³/mol. The molecular weight excluding hydrogens is 297 g/mol. The molecule has 3 aliphatic heterocycles. The summed E-state index contributed by atoms with van der Waals surface area (Å²) in [4.78, 5) is 2.65. The van der Waals surface area contributed by atoms with Gasteiger partial charge in [0, 0.05) is 17.5 Å². The van der Waals surface area contributed by atoms with Crippen LogP contribution >= 0.6 is 0 Å². The van der Waals surface area contributed by atoms with Gasteiger partial charge in [0.2, 0.25) is 0 Å². The largest absolute Gasteiger partial charge is 0.299 e. The third-order valence-corrected chi connectivity index (χ3v) is 5.80. The van der Waals surface area contributed by atoms with Gasteiger partial charge in [-0.3, -0.25) is 4.90 Å². The highest BCUT2D eigenvalue weighted by Gasteiger charge is 2.39. The molecule has 0 aromatic heterocycles. The molecule has 3 fully saturated rings. The summed E-state index contributed by atoms with van der Waals surface area (Å²) in [6, 6.07) is 19.1. The highest BCUT2D eigenvalue weighted by atomic mass is 19.1. The Balaban J connectivity index is 1.76. The number of fused-ring (bicyclic) bond motifs is 3. The number of piperidine rings is 3. The maximum absolute atomic E-state index is 13.7. The van der Waals surface area contributed by atoms with E-state index in [0.717, 1.165) is 5.92 Å². The van der Waals surface area contributed by atoms with Crippen LogP contribution < -0.4 is 0 Å². The Morgan fingerprint density at radius 1 is 1.00 bits per heavy atom. The number of hydrogen-bond donors (Lipinski definition) is 0. The Kier molecular flexibility index (Phi) is 4.24. The van der Waals surface area contributed by atoms with Crippen LogP contribution in [0.5, 0.6) is 0 Å². The first kappa shape index (κ1) is 15.6. The topological polar surface area (TPSA) is 3.24 Å². The molecule has 0 amide bonds. The highest BCUT2D eigenvalue weighted by Crippen LogP contribution is 2.42. The maximum atomic E-state index is 13.7. The Bertz CT molecular complexity index is 716. The quantitative estimate of drug-likeness (QED) is 0.744. The van der Waals surface area contributed by atoms with Crippen molar-refractivity contribution in [1.82, 2.24) is 4.90 Å². The van der Waals surface area contributed by atoms with Gasteiger partial charge in [-0.2, -0.15) is 0 Å². The van der Waals surface area contributed by atoms with E-state index in [2.05, 4.69) is 47.9 Å². The normalized spacial score (nSPS) is 27.0. The lowest BCUT2D eigenvalue weighted by Gasteiger charge is -2.48. The molecule has 5 rings (SSSR count). The van der Waals surface area contributed by atoms with Crippen molar-refractivity contribution < 1.29 is 4.39 Å². The van der Waals surface area contributed by atoms with Gasteiger partial charge in [-0.05, 0) is 55.5 Å². The molecule has 3 heterocycles. The molecule has 3 saturated heterocycles. The second kappa shape index (κ2) is 6.52. The molecule has 2 bridgehead atoms. The summed E-state index contributed by atoms with van der Waals surface area (Å²) >= 11 is 0. The van der Waals surface area contributed by atoms with Gasteiger partial charge in [-0.1, -0.05) is 55.1 Å². The monoisotopic (exact) mass is 321 g/mol. The number of rotatable bonds is 4. The maximum Gasteiger partial charge on any atom is 0.123 e. The first-order valence-corrected chi connectivity index (χ1v) is 8.96. The summed E-state index contributed by atoms with van der Waals surface area (Å²) in [5, 5.41) is 0. The van der Waals surface area contributed by atoms with Gasteiger partial charge in [0.25, 0.3) is 0 Å². The van der Waals surface area contributed by atoms with Crippen LogP contribution in [0.15, 0.2) is 61.2 Å². The van der Waals surface area contributed by atoms with Crippen molar-refractivity contribution >= 4 is 5.83 Å². The van der Waals surface area contributed by atoms with Gasteiger partial charge in [0.1, 0.15) is 5.83 Å². The van der Waals surface area contributed by atoms with Crippen molar-refractivity contribution in [2.75, 3.05) is 13.1 Å². The lowest BCUT2D eigenvalue weighted by Crippen LogP contribution is -2.51. The summed E-state index contributed by atoms with van der Waals surface area (Å²) in [6.45, 7) is 5.88. The van der Waals surface area contributed by atoms with Gasteiger partial charge in [-0.15, -0.1) is 0 Å². The van der Waals surface area contributed by atoms with Gasteiger partial charge >= 0.3 is 0 Å². The van der Waals surface area contributed by atoms with E-state index in [1.165, 1.54) is 43.5 Å². The second-order valence-corrected chi connectivity index (χ2v) is 7.20.